The van der Waals surface area contributed by atoms with Crippen molar-refractivity contribution in [2.24, 2.45) is 0 Å². The van der Waals surface area contributed by atoms with Gasteiger partial charge in [0, 0.05) is 6.04 Å². The Morgan fingerprint density at radius 2 is 2.00 bits per heavy atom. The minimum Gasteiger partial charge on any atom is -0.504 e. The SMILES string of the molecule is COc1cc(/C=C2\NC(=O)N(C3CCCCC3)C2=O)cc(I)c1O. The average molecular weight is 442 g/mol. The number of nitrogens with one attached hydrogen (secondary N) is 1. The highest BCUT2D eigenvalue weighted by Crippen LogP contribution is 2.33. The monoisotopic (exact) mass is 442 g/mol. The smallest absolute Gasteiger partial charge is 0.329 e. The lowest BCUT2D eigenvalue weighted by Gasteiger charge is -2.28. The molecule has 0 atom stereocenters. The summed E-state index contributed by atoms with van der Waals surface area (Å²) in [7, 11) is 1.47. The van der Waals surface area contributed by atoms with E-state index in [0.717, 1.165) is 32.1 Å². The third kappa shape index (κ3) is 3.22. The maximum Gasteiger partial charge on any atom is 0.329 e. The van der Waals surface area contributed by atoms with Gasteiger partial charge in [0.1, 0.15) is 5.70 Å². The summed E-state index contributed by atoms with van der Waals surface area (Å²) < 4.78 is 5.74. The van der Waals surface area contributed by atoms with Crippen molar-refractivity contribution in [3.05, 3.63) is 27.0 Å². The first-order valence-corrected chi connectivity index (χ1v) is 9.02. The number of benzene rings is 1. The molecule has 2 aliphatic rings. The second-order valence-corrected chi connectivity index (χ2v) is 7.17. The molecule has 0 spiro atoms. The van der Waals surface area contributed by atoms with Gasteiger partial charge in [-0.15, -0.1) is 0 Å². The van der Waals surface area contributed by atoms with Gasteiger partial charge in [-0.2, -0.15) is 0 Å². The van der Waals surface area contributed by atoms with Gasteiger partial charge in [-0.3, -0.25) is 9.69 Å². The molecule has 1 saturated heterocycles. The van der Waals surface area contributed by atoms with Crippen molar-refractivity contribution in [1.29, 1.82) is 0 Å². The number of urea groups is 1. The summed E-state index contributed by atoms with van der Waals surface area (Å²) in [5.74, 6) is 0.106. The number of methoxy groups -OCH3 is 1. The molecule has 1 saturated carbocycles. The highest BCUT2D eigenvalue weighted by atomic mass is 127. The highest BCUT2D eigenvalue weighted by Gasteiger charge is 2.38. The predicted molar refractivity (Wildman–Crippen MR) is 97.6 cm³/mol. The van der Waals surface area contributed by atoms with Crippen molar-refractivity contribution in [3.8, 4) is 11.5 Å². The summed E-state index contributed by atoms with van der Waals surface area (Å²) in [4.78, 5) is 26.2. The van der Waals surface area contributed by atoms with Gasteiger partial charge < -0.3 is 15.2 Å². The Bertz CT molecular complexity index is 711. The molecule has 0 unspecified atom stereocenters. The average Bonchev–Trinajstić information content (AvgIpc) is 2.85. The molecule has 1 aliphatic heterocycles. The molecule has 128 valence electrons. The largest absolute Gasteiger partial charge is 0.504 e. The number of hydrogen-bond acceptors (Lipinski definition) is 4. The maximum absolute atomic E-state index is 12.6. The molecule has 2 fully saturated rings. The summed E-state index contributed by atoms with van der Waals surface area (Å²) >= 11 is 1.99. The number of hydrogen-bond donors (Lipinski definition) is 2. The van der Waals surface area contributed by atoms with E-state index in [1.54, 1.807) is 18.2 Å². The minimum atomic E-state index is -0.349. The zero-order valence-electron chi connectivity index (χ0n) is 13.3. The maximum atomic E-state index is 12.6. The van der Waals surface area contributed by atoms with Gasteiger partial charge in [0.25, 0.3) is 5.91 Å². The molecule has 3 amide bonds. The fraction of sp³-hybridized carbons (Fsp3) is 0.412. The van der Waals surface area contributed by atoms with Gasteiger partial charge in [0.15, 0.2) is 11.5 Å². The second-order valence-electron chi connectivity index (χ2n) is 6.01. The summed E-state index contributed by atoms with van der Waals surface area (Å²) in [6.07, 6.45) is 6.62. The number of imide groups is 1. The van der Waals surface area contributed by atoms with Crippen molar-refractivity contribution >= 4 is 40.6 Å². The molecule has 3 rings (SSSR count). The van der Waals surface area contributed by atoms with Gasteiger partial charge >= 0.3 is 6.03 Å². The normalized spacial score (nSPS) is 20.6. The number of nitrogens with zero attached hydrogens (tertiary/aromatic N) is 1. The summed E-state index contributed by atoms with van der Waals surface area (Å²) in [5.41, 5.74) is 0.942. The van der Waals surface area contributed by atoms with E-state index < -0.39 is 0 Å². The predicted octanol–water partition coefficient (Wildman–Crippen LogP) is 3.23. The molecule has 6 nitrogen and oxygen atoms in total. The zero-order chi connectivity index (χ0) is 17.3. The third-order valence-electron chi connectivity index (χ3n) is 4.43. The van der Waals surface area contributed by atoms with Crippen LogP contribution < -0.4 is 10.1 Å². The van der Waals surface area contributed by atoms with Gasteiger partial charge in [-0.25, -0.2) is 4.79 Å². The van der Waals surface area contributed by atoms with Crippen LogP contribution in [0.2, 0.25) is 0 Å². The van der Waals surface area contributed by atoms with Gasteiger partial charge in [0.2, 0.25) is 0 Å². The lowest BCUT2D eigenvalue weighted by Crippen LogP contribution is -2.41. The molecule has 2 N–H and O–H groups in total. The number of aromatic hydroxyl groups is 1. The van der Waals surface area contributed by atoms with Crippen LogP contribution in [-0.2, 0) is 4.79 Å². The standard InChI is InChI=1S/C17H19IN2O4/c1-24-14-9-10(7-12(18)15(14)21)8-13-16(22)20(17(23)19-13)11-5-3-2-4-6-11/h7-9,11,21H,2-6H2,1H3,(H,19,23)/b13-8-. The molecular weight excluding hydrogens is 423 g/mol. The Hall–Kier alpha value is -1.77. The number of phenolic OH excluding ortho intramolecular Hbond substituents is 1. The summed E-state index contributed by atoms with van der Waals surface area (Å²) in [6, 6.07) is 3.01. The summed E-state index contributed by atoms with van der Waals surface area (Å²) in [5, 5.41) is 12.6. The quantitative estimate of drug-likeness (QED) is 0.428. The first-order valence-electron chi connectivity index (χ1n) is 7.94. The van der Waals surface area contributed by atoms with E-state index in [1.165, 1.54) is 12.0 Å². The van der Waals surface area contributed by atoms with Crippen LogP contribution in [-0.4, -0.2) is 35.1 Å². The zero-order valence-corrected chi connectivity index (χ0v) is 15.5. The van der Waals surface area contributed by atoms with Gasteiger partial charge in [-0.1, -0.05) is 19.3 Å². The van der Waals surface area contributed by atoms with E-state index in [1.807, 2.05) is 22.6 Å². The number of carbonyl (C=O) groups excluding carboxylic acids is 2. The third-order valence-corrected chi connectivity index (χ3v) is 5.25. The van der Waals surface area contributed by atoms with E-state index in [4.69, 9.17) is 4.74 Å². The van der Waals surface area contributed by atoms with Crippen molar-refractivity contribution in [2.45, 2.75) is 38.1 Å². The molecule has 7 heteroatoms. The van der Waals surface area contributed by atoms with E-state index in [2.05, 4.69) is 5.32 Å². The van der Waals surface area contributed by atoms with Crippen molar-refractivity contribution in [1.82, 2.24) is 10.2 Å². The van der Waals surface area contributed by atoms with E-state index in [-0.39, 0.29) is 29.4 Å². The molecule has 1 heterocycles. The first-order chi connectivity index (χ1) is 11.5. The molecule has 0 aromatic heterocycles. The number of rotatable bonds is 3. The number of halogens is 1. The van der Waals surface area contributed by atoms with Crippen molar-refractivity contribution in [2.75, 3.05) is 7.11 Å². The molecule has 24 heavy (non-hydrogen) atoms. The Balaban J connectivity index is 1.87. The molecule has 1 aromatic carbocycles. The molecule has 1 aromatic rings. The lowest BCUT2D eigenvalue weighted by atomic mass is 9.94. The van der Waals surface area contributed by atoms with Crippen LogP contribution in [0.25, 0.3) is 6.08 Å². The molecule has 0 bridgehead atoms. The van der Waals surface area contributed by atoms with Gasteiger partial charge in [0.05, 0.1) is 10.7 Å². The fourth-order valence-corrected chi connectivity index (χ4v) is 3.84. The van der Waals surface area contributed by atoms with Crippen LogP contribution in [0, 0.1) is 3.57 Å². The van der Waals surface area contributed by atoms with Crippen LogP contribution in [0.1, 0.15) is 37.7 Å². The number of phenols is 1. The van der Waals surface area contributed by atoms with E-state index in [0.29, 0.717) is 14.9 Å². The minimum absolute atomic E-state index is 0.00774. The number of amides is 3. The van der Waals surface area contributed by atoms with Crippen LogP contribution in [0.15, 0.2) is 17.8 Å². The number of ether oxygens (including phenoxy) is 1. The Morgan fingerprint density at radius 1 is 1.29 bits per heavy atom. The Morgan fingerprint density at radius 3 is 2.67 bits per heavy atom. The Kier molecular flexibility index (Phi) is 4.98. The van der Waals surface area contributed by atoms with Crippen molar-refractivity contribution < 1.29 is 19.4 Å². The second kappa shape index (κ2) is 7.00. The highest BCUT2D eigenvalue weighted by molar-refractivity contribution is 14.1. The van der Waals surface area contributed by atoms with Crippen LogP contribution >= 0.6 is 22.6 Å². The number of carbonyl (C=O) groups is 2. The van der Waals surface area contributed by atoms with Crippen LogP contribution in [0.3, 0.4) is 0 Å². The topological polar surface area (TPSA) is 78.9 Å². The van der Waals surface area contributed by atoms with E-state index >= 15 is 0 Å². The van der Waals surface area contributed by atoms with Crippen LogP contribution in [0.5, 0.6) is 11.5 Å². The van der Waals surface area contributed by atoms with E-state index in [9.17, 15) is 14.7 Å². The summed E-state index contributed by atoms with van der Waals surface area (Å²) in [6.45, 7) is 0. The first kappa shape index (κ1) is 17.1. The fourth-order valence-electron chi connectivity index (χ4n) is 3.22. The van der Waals surface area contributed by atoms with Crippen molar-refractivity contribution in [3.63, 3.8) is 0 Å². The molecular formula is C17H19IN2O4. The molecule has 0 radical (unpaired) electrons. The van der Waals surface area contributed by atoms with Crippen LogP contribution in [0.4, 0.5) is 4.79 Å². The Labute approximate surface area is 154 Å². The lowest BCUT2D eigenvalue weighted by molar-refractivity contribution is -0.124. The van der Waals surface area contributed by atoms with Gasteiger partial charge in [-0.05, 0) is 59.2 Å². The molecule has 1 aliphatic carbocycles.